The zero-order valence-corrected chi connectivity index (χ0v) is 11.9. The Labute approximate surface area is 108 Å². The average molecular weight is 344 g/mol. The van der Waals surface area contributed by atoms with Gasteiger partial charge < -0.3 is 5.11 Å². The maximum Gasteiger partial charge on any atom is 0.247 e. The first kappa shape index (κ1) is 14.3. The molecule has 0 aliphatic heterocycles. The number of rotatable bonds is 4. The van der Waals surface area contributed by atoms with Crippen molar-refractivity contribution in [1.82, 2.24) is 0 Å². The molecule has 0 unspecified atom stereocenters. The molecule has 0 amide bonds. The Morgan fingerprint density at radius 1 is 1.29 bits per heavy atom. The summed E-state index contributed by atoms with van der Waals surface area (Å²) in [6.07, 6.45) is 0.812. The predicted octanol–water partition coefficient (Wildman–Crippen LogP) is 0.898. The smallest absolute Gasteiger partial charge is 0.247 e. The van der Waals surface area contributed by atoms with Crippen LogP contribution in [0.15, 0.2) is 22.7 Å². The SMILES string of the molecule is CS(=O)(=O)CS(=O)(=O)Nc1cccc(Br)c1O. The van der Waals surface area contributed by atoms with Crippen LogP contribution in [0, 0.1) is 0 Å². The fourth-order valence-corrected chi connectivity index (χ4v) is 4.43. The minimum absolute atomic E-state index is 0.0805. The van der Waals surface area contributed by atoms with Crippen molar-refractivity contribution in [3.8, 4) is 5.75 Å². The summed E-state index contributed by atoms with van der Waals surface area (Å²) in [6, 6.07) is 4.34. The van der Waals surface area contributed by atoms with E-state index in [2.05, 4.69) is 15.9 Å². The average Bonchev–Trinajstić information content (AvgIpc) is 2.08. The topological polar surface area (TPSA) is 101 Å². The van der Waals surface area contributed by atoms with E-state index in [1.165, 1.54) is 18.2 Å². The summed E-state index contributed by atoms with van der Waals surface area (Å²) in [6.45, 7) is 0. The third kappa shape index (κ3) is 4.52. The van der Waals surface area contributed by atoms with Crippen LogP contribution in [0.1, 0.15) is 0 Å². The Kier molecular flexibility index (Phi) is 4.05. The summed E-state index contributed by atoms with van der Waals surface area (Å²) < 4.78 is 47.0. The van der Waals surface area contributed by atoms with Gasteiger partial charge in [-0.15, -0.1) is 0 Å². The van der Waals surface area contributed by atoms with Crippen LogP contribution in [0.5, 0.6) is 5.75 Å². The Hall–Kier alpha value is -0.800. The van der Waals surface area contributed by atoms with E-state index in [9.17, 15) is 21.9 Å². The van der Waals surface area contributed by atoms with Gasteiger partial charge in [0.2, 0.25) is 10.0 Å². The van der Waals surface area contributed by atoms with Crippen molar-refractivity contribution in [3.05, 3.63) is 22.7 Å². The number of aromatic hydroxyl groups is 1. The molecule has 1 aromatic rings. The molecule has 0 aromatic heterocycles. The van der Waals surface area contributed by atoms with Gasteiger partial charge in [0.15, 0.2) is 20.7 Å². The molecule has 0 atom stereocenters. The molecule has 17 heavy (non-hydrogen) atoms. The lowest BCUT2D eigenvalue weighted by molar-refractivity contribution is 0.474. The molecule has 0 fully saturated rings. The predicted molar refractivity (Wildman–Crippen MR) is 68.1 cm³/mol. The van der Waals surface area contributed by atoms with Crippen molar-refractivity contribution in [2.75, 3.05) is 16.1 Å². The second kappa shape index (κ2) is 4.83. The fourth-order valence-electron chi connectivity index (χ4n) is 1.08. The molecule has 1 rings (SSSR count). The van der Waals surface area contributed by atoms with Crippen molar-refractivity contribution in [3.63, 3.8) is 0 Å². The van der Waals surface area contributed by atoms with E-state index in [0.29, 0.717) is 4.47 Å². The zero-order chi connectivity index (χ0) is 13.3. The molecule has 0 saturated carbocycles. The van der Waals surface area contributed by atoms with Crippen LogP contribution < -0.4 is 4.72 Å². The lowest BCUT2D eigenvalue weighted by Crippen LogP contribution is -2.22. The summed E-state index contributed by atoms with van der Waals surface area (Å²) in [7, 11) is -7.72. The van der Waals surface area contributed by atoms with Gasteiger partial charge in [-0.2, -0.15) is 0 Å². The van der Waals surface area contributed by atoms with E-state index in [0.717, 1.165) is 6.26 Å². The van der Waals surface area contributed by atoms with E-state index in [-0.39, 0.29) is 11.4 Å². The highest BCUT2D eigenvalue weighted by Crippen LogP contribution is 2.32. The van der Waals surface area contributed by atoms with Crippen LogP contribution in [0.25, 0.3) is 0 Å². The van der Waals surface area contributed by atoms with Crippen LogP contribution in [-0.2, 0) is 19.9 Å². The summed E-state index contributed by atoms with van der Waals surface area (Å²) in [5.74, 6) is -0.301. The number of nitrogens with one attached hydrogen (secondary N) is 1. The number of halogens is 1. The van der Waals surface area contributed by atoms with E-state index in [4.69, 9.17) is 0 Å². The molecular weight excluding hydrogens is 334 g/mol. The van der Waals surface area contributed by atoms with Crippen LogP contribution in [0.4, 0.5) is 5.69 Å². The number of hydrogen-bond donors (Lipinski definition) is 2. The van der Waals surface area contributed by atoms with Gasteiger partial charge in [0.1, 0.15) is 0 Å². The molecule has 0 aliphatic rings. The van der Waals surface area contributed by atoms with Crippen molar-refractivity contribution < 1.29 is 21.9 Å². The number of hydrogen-bond acceptors (Lipinski definition) is 5. The molecule has 0 heterocycles. The Bertz CT molecular complexity index is 623. The highest BCUT2D eigenvalue weighted by Gasteiger charge is 2.19. The Morgan fingerprint density at radius 3 is 2.41 bits per heavy atom. The van der Waals surface area contributed by atoms with Crippen molar-refractivity contribution in [1.29, 1.82) is 0 Å². The van der Waals surface area contributed by atoms with Crippen LogP contribution in [-0.4, -0.2) is 33.3 Å². The molecule has 0 aliphatic carbocycles. The second-order valence-electron chi connectivity index (χ2n) is 3.40. The largest absolute Gasteiger partial charge is 0.505 e. The van der Waals surface area contributed by atoms with Gasteiger partial charge in [0, 0.05) is 6.26 Å². The zero-order valence-electron chi connectivity index (χ0n) is 8.71. The van der Waals surface area contributed by atoms with Gasteiger partial charge in [0.25, 0.3) is 0 Å². The first-order chi connectivity index (χ1) is 7.61. The maximum absolute atomic E-state index is 11.5. The maximum atomic E-state index is 11.5. The molecule has 96 valence electrons. The van der Waals surface area contributed by atoms with Crippen LogP contribution >= 0.6 is 15.9 Å². The number of phenols is 1. The highest BCUT2D eigenvalue weighted by molar-refractivity contribution is 9.10. The third-order valence-electron chi connectivity index (χ3n) is 1.62. The first-order valence-electron chi connectivity index (χ1n) is 4.26. The number of anilines is 1. The standard InChI is InChI=1S/C8H10BrNO5S2/c1-16(12,13)5-17(14,15)10-7-4-2-3-6(9)8(7)11/h2-4,10-11H,5H2,1H3. The first-order valence-corrected chi connectivity index (χ1v) is 8.77. The number of sulfone groups is 1. The van der Waals surface area contributed by atoms with E-state index >= 15 is 0 Å². The Balaban J connectivity index is 3.03. The monoisotopic (exact) mass is 343 g/mol. The van der Waals surface area contributed by atoms with Crippen molar-refractivity contribution >= 4 is 41.5 Å². The number of phenolic OH excluding ortho intramolecular Hbond substituents is 1. The van der Waals surface area contributed by atoms with Gasteiger partial charge in [-0.1, -0.05) is 6.07 Å². The molecule has 9 heteroatoms. The van der Waals surface area contributed by atoms with Gasteiger partial charge >= 0.3 is 0 Å². The molecule has 0 bridgehead atoms. The third-order valence-corrected chi connectivity index (χ3v) is 5.75. The molecular formula is C8H10BrNO5S2. The van der Waals surface area contributed by atoms with E-state index < -0.39 is 24.9 Å². The Morgan fingerprint density at radius 2 is 1.88 bits per heavy atom. The van der Waals surface area contributed by atoms with Gasteiger partial charge in [-0.05, 0) is 28.1 Å². The molecule has 0 saturated heterocycles. The normalized spacial score (nSPS) is 12.4. The van der Waals surface area contributed by atoms with Crippen molar-refractivity contribution in [2.24, 2.45) is 0 Å². The number of benzene rings is 1. The summed E-state index contributed by atoms with van der Waals surface area (Å²) in [5, 5.41) is 8.50. The van der Waals surface area contributed by atoms with Gasteiger partial charge in [0.05, 0.1) is 10.2 Å². The second-order valence-corrected chi connectivity index (χ2v) is 8.48. The van der Waals surface area contributed by atoms with E-state index in [1.807, 2.05) is 4.72 Å². The molecule has 0 radical (unpaired) electrons. The summed E-state index contributed by atoms with van der Waals surface area (Å²) >= 11 is 3.01. The highest BCUT2D eigenvalue weighted by atomic mass is 79.9. The van der Waals surface area contributed by atoms with Crippen LogP contribution in [0.2, 0.25) is 0 Å². The van der Waals surface area contributed by atoms with E-state index in [1.54, 1.807) is 0 Å². The fraction of sp³-hybridized carbons (Fsp3) is 0.250. The summed E-state index contributed by atoms with van der Waals surface area (Å²) in [4.78, 5) is 0. The lowest BCUT2D eigenvalue weighted by Gasteiger charge is -2.09. The number of para-hydroxylation sites is 1. The molecule has 1 aromatic carbocycles. The minimum atomic E-state index is -4.05. The van der Waals surface area contributed by atoms with Gasteiger partial charge in [-0.3, -0.25) is 4.72 Å². The quantitative estimate of drug-likeness (QED) is 0.791. The van der Waals surface area contributed by atoms with Crippen LogP contribution in [0.3, 0.4) is 0 Å². The molecule has 0 spiro atoms. The summed E-state index contributed by atoms with van der Waals surface area (Å²) in [5.41, 5.74) is -0.0805. The van der Waals surface area contributed by atoms with Gasteiger partial charge in [-0.25, -0.2) is 16.8 Å². The lowest BCUT2D eigenvalue weighted by atomic mass is 10.3. The molecule has 6 nitrogen and oxygen atoms in total. The molecule has 2 N–H and O–H groups in total. The minimum Gasteiger partial charge on any atom is -0.505 e. The van der Waals surface area contributed by atoms with Crippen molar-refractivity contribution in [2.45, 2.75) is 0 Å². The number of sulfonamides is 1.